The summed E-state index contributed by atoms with van der Waals surface area (Å²) in [7, 11) is 0. The van der Waals surface area contributed by atoms with Gasteiger partial charge < -0.3 is 14.6 Å². The predicted molar refractivity (Wildman–Crippen MR) is 178 cm³/mol. The van der Waals surface area contributed by atoms with Crippen LogP contribution in [0.5, 0.6) is 0 Å². The van der Waals surface area contributed by atoms with Crippen molar-refractivity contribution in [3.8, 4) is 0 Å². The van der Waals surface area contributed by atoms with Crippen molar-refractivity contribution in [2.24, 2.45) is 5.92 Å². The lowest BCUT2D eigenvalue weighted by Crippen LogP contribution is -2.28. The third-order valence-corrected chi connectivity index (χ3v) is 7.65. The second kappa shape index (κ2) is 31.5. The number of aliphatic hydroxyl groups excluding tert-OH is 1. The summed E-state index contributed by atoms with van der Waals surface area (Å²) >= 11 is 0. The molecule has 0 unspecified atom stereocenters. The van der Waals surface area contributed by atoms with Crippen LogP contribution in [0.15, 0.2) is 24.3 Å². The van der Waals surface area contributed by atoms with Gasteiger partial charge in [0.2, 0.25) is 0 Å². The first-order valence-electron chi connectivity index (χ1n) is 17.7. The van der Waals surface area contributed by atoms with E-state index in [1.807, 2.05) is 12.2 Å². The van der Waals surface area contributed by atoms with Crippen LogP contribution in [0.1, 0.15) is 168 Å². The quantitative estimate of drug-likeness (QED) is 0.0366. The minimum atomic E-state index is -0.797. The standard InChI is InChI=1S/C37H66O6/c1-4-5-21-27-34(39)28-23-18-14-10-8-12-16-20-25-30-37(41)43-35(31-38)32-42-36(40)29-24-19-15-11-7-6-9-13-17-22-26-33(2)3/h14,18,23,28,33,35,38H,4-13,15-17,19-22,24-27,29-32H2,1-3H3/b18-14-,28-23+/t35-/m0/s1. The summed E-state index contributed by atoms with van der Waals surface area (Å²) in [5, 5.41) is 9.51. The number of rotatable bonds is 31. The molecule has 0 heterocycles. The first kappa shape index (κ1) is 41.0. The molecule has 250 valence electrons. The predicted octanol–water partition coefficient (Wildman–Crippen LogP) is 9.76. The van der Waals surface area contributed by atoms with Gasteiger partial charge >= 0.3 is 11.9 Å². The van der Waals surface area contributed by atoms with Gasteiger partial charge in [0, 0.05) is 19.3 Å². The van der Waals surface area contributed by atoms with Crippen molar-refractivity contribution in [2.75, 3.05) is 13.2 Å². The van der Waals surface area contributed by atoms with Gasteiger partial charge in [-0.2, -0.15) is 0 Å². The molecule has 0 radical (unpaired) electrons. The normalized spacial score (nSPS) is 12.4. The van der Waals surface area contributed by atoms with Crippen molar-refractivity contribution in [2.45, 2.75) is 175 Å². The number of hydrogen-bond acceptors (Lipinski definition) is 6. The smallest absolute Gasteiger partial charge is 0.306 e. The second-order valence-electron chi connectivity index (χ2n) is 12.5. The van der Waals surface area contributed by atoms with Crippen molar-refractivity contribution in [1.82, 2.24) is 0 Å². The van der Waals surface area contributed by atoms with E-state index in [0.717, 1.165) is 83.0 Å². The molecule has 0 bridgehead atoms. The van der Waals surface area contributed by atoms with Crippen LogP contribution in [0, 0.1) is 5.92 Å². The maximum absolute atomic E-state index is 12.1. The van der Waals surface area contributed by atoms with Gasteiger partial charge in [-0.1, -0.05) is 135 Å². The molecule has 0 fully saturated rings. The van der Waals surface area contributed by atoms with Crippen LogP contribution < -0.4 is 0 Å². The Morgan fingerprint density at radius 1 is 0.651 bits per heavy atom. The van der Waals surface area contributed by atoms with E-state index in [9.17, 15) is 19.5 Å². The van der Waals surface area contributed by atoms with Gasteiger partial charge in [0.15, 0.2) is 11.9 Å². The van der Waals surface area contributed by atoms with Gasteiger partial charge in [0.05, 0.1) is 6.61 Å². The van der Waals surface area contributed by atoms with Gasteiger partial charge in [-0.05, 0) is 44.1 Å². The molecule has 6 heteroatoms. The second-order valence-corrected chi connectivity index (χ2v) is 12.5. The molecule has 0 aromatic rings. The lowest BCUT2D eigenvalue weighted by molar-refractivity contribution is -0.161. The Labute approximate surface area is 264 Å². The molecule has 0 rings (SSSR count). The molecule has 0 spiro atoms. The molecule has 0 aromatic heterocycles. The number of allylic oxidation sites excluding steroid dienone is 4. The van der Waals surface area contributed by atoms with E-state index in [2.05, 4.69) is 26.8 Å². The molecule has 0 saturated carbocycles. The van der Waals surface area contributed by atoms with Crippen molar-refractivity contribution in [3.05, 3.63) is 24.3 Å². The topological polar surface area (TPSA) is 89.9 Å². The number of aliphatic hydroxyl groups is 1. The molecule has 0 aliphatic heterocycles. The van der Waals surface area contributed by atoms with Gasteiger partial charge in [0.25, 0.3) is 0 Å². The Bertz CT molecular complexity index is 727. The number of unbranched alkanes of at least 4 members (excludes halogenated alkanes) is 16. The van der Waals surface area contributed by atoms with Crippen LogP contribution in [0.4, 0.5) is 0 Å². The van der Waals surface area contributed by atoms with E-state index in [1.54, 1.807) is 6.08 Å². The summed E-state index contributed by atoms with van der Waals surface area (Å²) < 4.78 is 10.5. The summed E-state index contributed by atoms with van der Waals surface area (Å²) in [4.78, 5) is 35.8. The fourth-order valence-electron chi connectivity index (χ4n) is 4.90. The Morgan fingerprint density at radius 2 is 1.19 bits per heavy atom. The minimum Gasteiger partial charge on any atom is -0.462 e. The zero-order valence-electron chi connectivity index (χ0n) is 28.1. The first-order chi connectivity index (χ1) is 20.9. The SMILES string of the molecule is CCCCCC(=O)/C=C/C=C\CCCCCCCC(=O)O[C@@H](CO)COC(=O)CCCCCCCCCCCCC(C)C. The summed E-state index contributed by atoms with van der Waals surface area (Å²) in [6.45, 7) is 6.27. The molecule has 0 aliphatic rings. The van der Waals surface area contributed by atoms with Gasteiger partial charge in [-0.15, -0.1) is 0 Å². The Kier molecular flexibility index (Phi) is 30.0. The number of ether oxygens (including phenoxy) is 2. The zero-order valence-corrected chi connectivity index (χ0v) is 28.1. The largest absolute Gasteiger partial charge is 0.462 e. The number of ketones is 1. The van der Waals surface area contributed by atoms with Crippen LogP contribution in [0.3, 0.4) is 0 Å². The number of hydrogen-bond donors (Lipinski definition) is 1. The van der Waals surface area contributed by atoms with Crippen LogP contribution in [-0.4, -0.2) is 42.1 Å². The van der Waals surface area contributed by atoms with E-state index in [-0.39, 0.29) is 30.9 Å². The lowest BCUT2D eigenvalue weighted by Gasteiger charge is -2.15. The fraction of sp³-hybridized carbons (Fsp3) is 0.811. The average Bonchev–Trinajstić information content (AvgIpc) is 2.98. The number of esters is 2. The van der Waals surface area contributed by atoms with Crippen molar-refractivity contribution >= 4 is 17.7 Å². The molecular formula is C37H66O6. The maximum atomic E-state index is 12.1. The Morgan fingerprint density at radius 3 is 1.77 bits per heavy atom. The van der Waals surface area contributed by atoms with Crippen LogP contribution in [-0.2, 0) is 23.9 Å². The molecule has 1 N–H and O–H groups in total. The molecule has 1 atom stereocenters. The van der Waals surface area contributed by atoms with Gasteiger partial charge in [-0.25, -0.2) is 0 Å². The first-order valence-corrected chi connectivity index (χ1v) is 17.7. The highest BCUT2D eigenvalue weighted by atomic mass is 16.6. The minimum absolute atomic E-state index is 0.0893. The molecule has 0 aromatic carbocycles. The number of carbonyl (C=O) groups is 3. The number of carbonyl (C=O) groups excluding carboxylic acids is 3. The summed E-state index contributed by atoms with van der Waals surface area (Å²) in [6.07, 6.45) is 30.7. The molecule has 0 aliphatic carbocycles. The Balaban J connectivity index is 3.66. The van der Waals surface area contributed by atoms with Crippen molar-refractivity contribution in [1.29, 1.82) is 0 Å². The molecule has 43 heavy (non-hydrogen) atoms. The molecular weight excluding hydrogens is 540 g/mol. The van der Waals surface area contributed by atoms with Crippen molar-refractivity contribution < 1.29 is 29.0 Å². The van der Waals surface area contributed by atoms with Crippen molar-refractivity contribution in [3.63, 3.8) is 0 Å². The van der Waals surface area contributed by atoms with E-state index in [4.69, 9.17) is 9.47 Å². The van der Waals surface area contributed by atoms with Gasteiger partial charge in [-0.3, -0.25) is 14.4 Å². The molecule has 6 nitrogen and oxygen atoms in total. The van der Waals surface area contributed by atoms with Crippen LogP contribution >= 0.6 is 0 Å². The highest BCUT2D eigenvalue weighted by Crippen LogP contribution is 2.14. The third kappa shape index (κ3) is 31.3. The van der Waals surface area contributed by atoms with E-state index >= 15 is 0 Å². The van der Waals surface area contributed by atoms with E-state index < -0.39 is 6.10 Å². The monoisotopic (exact) mass is 606 g/mol. The summed E-state index contributed by atoms with van der Waals surface area (Å²) in [6, 6.07) is 0. The lowest BCUT2D eigenvalue weighted by atomic mass is 10.0. The summed E-state index contributed by atoms with van der Waals surface area (Å²) in [5.74, 6) is 0.366. The summed E-state index contributed by atoms with van der Waals surface area (Å²) in [5.41, 5.74) is 0. The van der Waals surface area contributed by atoms with Crippen LogP contribution in [0.25, 0.3) is 0 Å². The Hall–Kier alpha value is -1.95. The zero-order chi connectivity index (χ0) is 31.8. The fourth-order valence-corrected chi connectivity index (χ4v) is 4.90. The maximum Gasteiger partial charge on any atom is 0.306 e. The highest BCUT2D eigenvalue weighted by Gasteiger charge is 2.16. The van der Waals surface area contributed by atoms with Gasteiger partial charge in [0.1, 0.15) is 6.61 Å². The average molecular weight is 607 g/mol. The third-order valence-electron chi connectivity index (χ3n) is 7.65. The van der Waals surface area contributed by atoms with E-state index in [1.165, 1.54) is 51.4 Å². The molecule has 0 saturated heterocycles. The van der Waals surface area contributed by atoms with E-state index in [0.29, 0.717) is 19.3 Å². The molecule has 0 amide bonds. The van der Waals surface area contributed by atoms with Crippen LogP contribution in [0.2, 0.25) is 0 Å². The highest BCUT2D eigenvalue weighted by molar-refractivity contribution is 5.89.